The first kappa shape index (κ1) is 23.3. The summed E-state index contributed by atoms with van der Waals surface area (Å²) >= 11 is 0. The maximum atomic E-state index is 12.5. The predicted octanol–water partition coefficient (Wildman–Crippen LogP) is 3.63. The number of para-hydroxylation sites is 2. The van der Waals surface area contributed by atoms with Gasteiger partial charge in [-0.15, -0.1) is 0 Å². The Bertz CT molecular complexity index is 1280. The van der Waals surface area contributed by atoms with Crippen molar-refractivity contribution < 1.29 is 13.2 Å². The highest BCUT2D eigenvalue weighted by atomic mass is 32.2. The lowest BCUT2D eigenvalue weighted by Crippen LogP contribution is -2.39. The van der Waals surface area contributed by atoms with Crippen LogP contribution in [0.15, 0.2) is 59.7 Å². The van der Waals surface area contributed by atoms with Crippen molar-refractivity contribution in [3.8, 4) is 5.69 Å². The molecule has 0 fully saturated rings. The fourth-order valence-electron chi connectivity index (χ4n) is 3.67. The molecule has 8 heteroatoms. The van der Waals surface area contributed by atoms with Crippen molar-refractivity contribution in [2.75, 3.05) is 17.1 Å². The average molecular weight is 453 g/mol. The van der Waals surface area contributed by atoms with E-state index in [9.17, 15) is 13.2 Å². The lowest BCUT2D eigenvalue weighted by atomic mass is 10.2. The van der Waals surface area contributed by atoms with E-state index in [0.29, 0.717) is 5.69 Å². The van der Waals surface area contributed by atoms with Gasteiger partial charge in [0.2, 0.25) is 10.0 Å². The molecular weight excluding hydrogens is 424 g/mol. The average Bonchev–Trinajstić information content (AvgIpc) is 3.00. The highest BCUT2D eigenvalue weighted by Gasteiger charge is 2.22. The van der Waals surface area contributed by atoms with Gasteiger partial charge in [-0.05, 0) is 57.0 Å². The third kappa shape index (κ3) is 5.08. The molecule has 0 saturated carbocycles. The van der Waals surface area contributed by atoms with Crippen molar-refractivity contribution in [1.82, 2.24) is 9.99 Å². The summed E-state index contributed by atoms with van der Waals surface area (Å²) in [5.41, 5.74) is 8.83. The molecule has 0 aliphatic rings. The van der Waals surface area contributed by atoms with Gasteiger partial charge in [0, 0.05) is 22.6 Å². The van der Waals surface area contributed by atoms with Crippen molar-refractivity contribution in [3.63, 3.8) is 0 Å². The van der Waals surface area contributed by atoms with Crippen LogP contribution in [0.3, 0.4) is 0 Å². The summed E-state index contributed by atoms with van der Waals surface area (Å²) in [4.78, 5) is 12.5. The molecular formula is C24H28N4O3S. The maximum absolute atomic E-state index is 12.5. The molecule has 0 aliphatic heterocycles. The number of hydrogen-bond donors (Lipinski definition) is 1. The molecule has 0 bridgehead atoms. The van der Waals surface area contributed by atoms with Crippen LogP contribution in [0, 0.1) is 27.7 Å². The van der Waals surface area contributed by atoms with Gasteiger partial charge in [-0.25, -0.2) is 13.8 Å². The van der Waals surface area contributed by atoms with Crippen LogP contribution in [0.5, 0.6) is 0 Å². The number of aryl methyl sites for hydroxylation is 3. The van der Waals surface area contributed by atoms with Crippen LogP contribution < -0.4 is 9.73 Å². The van der Waals surface area contributed by atoms with E-state index in [-0.39, 0.29) is 6.54 Å². The fourth-order valence-corrected chi connectivity index (χ4v) is 4.58. The second-order valence-corrected chi connectivity index (χ2v) is 9.70. The molecule has 0 atom stereocenters. The first-order valence-electron chi connectivity index (χ1n) is 10.2. The number of nitrogens with one attached hydrogen (secondary N) is 1. The smallest absolute Gasteiger partial charge is 0.260 e. The van der Waals surface area contributed by atoms with Gasteiger partial charge >= 0.3 is 0 Å². The highest BCUT2D eigenvalue weighted by molar-refractivity contribution is 7.92. The van der Waals surface area contributed by atoms with Crippen LogP contribution in [0.4, 0.5) is 5.69 Å². The zero-order valence-corrected chi connectivity index (χ0v) is 19.8. The Kier molecular flexibility index (Phi) is 6.84. The summed E-state index contributed by atoms with van der Waals surface area (Å²) in [5, 5.41) is 4.06. The van der Waals surface area contributed by atoms with Gasteiger partial charge in [0.1, 0.15) is 6.54 Å². The summed E-state index contributed by atoms with van der Waals surface area (Å²) in [7, 11) is -3.64. The number of carbonyl (C=O) groups excluding carboxylic acids is 1. The summed E-state index contributed by atoms with van der Waals surface area (Å²) in [6.45, 7) is 7.51. The molecule has 168 valence electrons. The third-order valence-corrected chi connectivity index (χ3v) is 6.42. The molecule has 0 saturated heterocycles. The molecule has 7 nitrogen and oxygen atoms in total. The van der Waals surface area contributed by atoms with Gasteiger partial charge in [0.05, 0.1) is 18.2 Å². The Balaban J connectivity index is 1.76. The topological polar surface area (TPSA) is 83.8 Å². The number of carbonyl (C=O) groups is 1. The minimum Gasteiger partial charge on any atom is -0.318 e. The van der Waals surface area contributed by atoms with E-state index < -0.39 is 15.9 Å². The monoisotopic (exact) mass is 452 g/mol. The molecule has 1 amide bonds. The number of hydrogen-bond acceptors (Lipinski definition) is 4. The fraction of sp³-hybridized carbons (Fsp3) is 0.250. The Morgan fingerprint density at radius 1 is 1.03 bits per heavy atom. The van der Waals surface area contributed by atoms with E-state index in [1.807, 2.05) is 38.1 Å². The van der Waals surface area contributed by atoms with E-state index in [4.69, 9.17) is 0 Å². The summed E-state index contributed by atoms with van der Waals surface area (Å²) in [6.07, 6.45) is 2.66. The van der Waals surface area contributed by atoms with Crippen LogP contribution >= 0.6 is 0 Å². The molecule has 32 heavy (non-hydrogen) atoms. The van der Waals surface area contributed by atoms with E-state index in [1.165, 1.54) is 0 Å². The first-order chi connectivity index (χ1) is 15.1. The summed E-state index contributed by atoms with van der Waals surface area (Å²) in [6, 6.07) is 17.1. The molecule has 0 unspecified atom stereocenters. The minimum absolute atomic E-state index is 0.358. The highest BCUT2D eigenvalue weighted by Crippen LogP contribution is 2.23. The SMILES string of the molecule is Cc1ccccc1N(CC(=O)N/N=C\c1cc(C)n(-c2ccccc2C)c1C)S(C)(=O)=O. The Morgan fingerprint density at radius 3 is 2.28 bits per heavy atom. The van der Waals surface area contributed by atoms with Crippen molar-refractivity contribution in [3.05, 3.63) is 82.7 Å². The minimum atomic E-state index is -3.64. The molecule has 3 aromatic rings. The Morgan fingerprint density at radius 2 is 1.66 bits per heavy atom. The van der Waals surface area contributed by atoms with Gasteiger partial charge in [-0.2, -0.15) is 5.10 Å². The summed E-state index contributed by atoms with van der Waals surface area (Å²) < 4.78 is 27.8. The lowest BCUT2D eigenvalue weighted by Gasteiger charge is -2.23. The van der Waals surface area contributed by atoms with Crippen molar-refractivity contribution >= 4 is 27.8 Å². The number of hydrazone groups is 1. The van der Waals surface area contributed by atoms with Gasteiger partial charge in [-0.3, -0.25) is 9.10 Å². The Hall–Kier alpha value is -3.39. The number of benzene rings is 2. The lowest BCUT2D eigenvalue weighted by molar-refractivity contribution is -0.119. The van der Waals surface area contributed by atoms with E-state index in [1.54, 1.807) is 31.3 Å². The zero-order chi connectivity index (χ0) is 23.5. The molecule has 2 aromatic carbocycles. The number of amides is 1. The number of anilines is 1. The van der Waals surface area contributed by atoms with E-state index in [0.717, 1.165) is 44.3 Å². The van der Waals surface area contributed by atoms with Gasteiger partial charge < -0.3 is 4.57 Å². The molecule has 1 N–H and O–H groups in total. The van der Waals surface area contributed by atoms with Crippen molar-refractivity contribution in [1.29, 1.82) is 0 Å². The number of nitrogens with zero attached hydrogens (tertiary/aromatic N) is 3. The molecule has 1 aromatic heterocycles. The van der Waals surface area contributed by atoms with Gasteiger partial charge in [0.15, 0.2) is 0 Å². The van der Waals surface area contributed by atoms with Crippen LogP contribution in [0.2, 0.25) is 0 Å². The van der Waals surface area contributed by atoms with E-state index in [2.05, 4.69) is 34.2 Å². The zero-order valence-electron chi connectivity index (χ0n) is 19.0. The number of aromatic nitrogens is 1. The molecule has 0 spiro atoms. The van der Waals surface area contributed by atoms with Crippen molar-refractivity contribution in [2.24, 2.45) is 5.10 Å². The summed E-state index contributed by atoms with van der Waals surface area (Å²) in [5.74, 6) is -0.525. The predicted molar refractivity (Wildman–Crippen MR) is 129 cm³/mol. The van der Waals surface area contributed by atoms with E-state index >= 15 is 0 Å². The number of sulfonamides is 1. The van der Waals surface area contributed by atoms with Crippen molar-refractivity contribution in [2.45, 2.75) is 27.7 Å². The van der Waals surface area contributed by atoms with Crippen LogP contribution in [0.25, 0.3) is 5.69 Å². The van der Waals surface area contributed by atoms with Gasteiger partial charge in [-0.1, -0.05) is 36.4 Å². The first-order valence-corrected chi connectivity index (χ1v) is 12.0. The normalized spacial score (nSPS) is 11.7. The quantitative estimate of drug-likeness (QED) is 0.439. The maximum Gasteiger partial charge on any atom is 0.260 e. The third-order valence-electron chi connectivity index (χ3n) is 5.29. The molecule has 0 radical (unpaired) electrons. The van der Waals surface area contributed by atoms with Gasteiger partial charge in [0.25, 0.3) is 5.91 Å². The second kappa shape index (κ2) is 9.40. The van der Waals surface area contributed by atoms with Crippen LogP contribution in [0.1, 0.15) is 28.1 Å². The molecule has 3 rings (SSSR count). The largest absolute Gasteiger partial charge is 0.318 e. The Labute approximate surface area is 189 Å². The van der Waals surface area contributed by atoms with Crippen LogP contribution in [-0.2, 0) is 14.8 Å². The van der Waals surface area contributed by atoms with Crippen LogP contribution in [-0.4, -0.2) is 37.9 Å². The molecule has 0 aliphatic carbocycles. The number of rotatable bonds is 7. The standard InChI is InChI=1S/C24H28N4O3S/c1-17-10-6-8-12-22(17)27(32(5,30)31)16-24(29)26-25-15-21-14-19(3)28(20(21)4)23-13-9-7-11-18(23)2/h6-15H,16H2,1-5H3,(H,26,29)/b25-15-. The molecule has 1 heterocycles. The second-order valence-electron chi connectivity index (χ2n) is 7.80.